The third kappa shape index (κ3) is 5.97. The Morgan fingerprint density at radius 2 is 1.88 bits per heavy atom. The van der Waals surface area contributed by atoms with E-state index in [0.29, 0.717) is 29.4 Å². The standard InChI is InChI=1S/C30H37N5O6S/c1-18-6-4-9-24-19(2)32-27(34-29(38)33-23-8-5-7-22(14-23)20(3)42(39,40)41)28(37)35(26(18)24)16-25(36)30-12-10-21(11-13-30)15-31-17-30/h4-9,14,20-21,27,31H,10-13,15-17H2,1-3H3,(H2,33,34,38)(H,39,40,41). The van der Waals surface area contributed by atoms with Crippen LogP contribution in [0.15, 0.2) is 47.5 Å². The third-order valence-corrected chi connectivity index (χ3v) is 10.1. The molecule has 11 nitrogen and oxygen atoms in total. The summed E-state index contributed by atoms with van der Waals surface area (Å²) in [5.41, 5.74) is 2.71. The fourth-order valence-corrected chi connectivity index (χ4v) is 6.77. The number of hydrogen-bond donors (Lipinski definition) is 4. The maximum absolute atomic E-state index is 14.1. The molecule has 3 fully saturated rings. The molecule has 2 aromatic carbocycles. The second kappa shape index (κ2) is 11.6. The second-order valence-electron chi connectivity index (χ2n) is 11.7. The van der Waals surface area contributed by atoms with Crippen molar-refractivity contribution >= 4 is 44.9 Å². The Hall–Kier alpha value is -3.61. The van der Waals surface area contributed by atoms with Gasteiger partial charge in [-0.1, -0.05) is 30.3 Å². The zero-order chi connectivity index (χ0) is 30.2. The van der Waals surface area contributed by atoms with E-state index in [9.17, 15) is 27.4 Å². The molecule has 4 aliphatic rings. The van der Waals surface area contributed by atoms with Crippen LogP contribution < -0.4 is 20.9 Å². The van der Waals surface area contributed by atoms with E-state index in [1.54, 1.807) is 19.1 Å². The number of anilines is 2. The largest absolute Gasteiger partial charge is 0.321 e. The number of hydrogen-bond acceptors (Lipinski definition) is 7. The van der Waals surface area contributed by atoms with E-state index in [1.807, 2.05) is 25.1 Å². The maximum atomic E-state index is 14.1. The van der Waals surface area contributed by atoms with E-state index in [0.717, 1.165) is 37.8 Å². The van der Waals surface area contributed by atoms with Gasteiger partial charge in [-0.05, 0) is 82.2 Å². The number of amides is 3. The van der Waals surface area contributed by atoms with Gasteiger partial charge in [-0.15, -0.1) is 0 Å². The number of rotatable bonds is 7. The number of carbonyl (C=O) groups is 3. The fourth-order valence-electron chi connectivity index (χ4n) is 6.28. The molecule has 2 atom stereocenters. The molecule has 0 radical (unpaired) electrons. The first-order valence-corrected chi connectivity index (χ1v) is 15.7. The summed E-state index contributed by atoms with van der Waals surface area (Å²) in [6.45, 7) is 6.36. The van der Waals surface area contributed by atoms with Crippen molar-refractivity contribution < 1.29 is 27.4 Å². The van der Waals surface area contributed by atoms with Gasteiger partial charge in [0, 0.05) is 28.9 Å². The molecule has 2 saturated heterocycles. The molecular formula is C30H37N5O6S. The van der Waals surface area contributed by atoms with Gasteiger partial charge >= 0.3 is 6.03 Å². The molecule has 4 N–H and O–H groups in total. The quantitative estimate of drug-likeness (QED) is 0.356. The molecule has 0 spiro atoms. The van der Waals surface area contributed by atoms with Crippen LogP contribution in [0.2, 0.25) is 0 Å². The Bertz CT molecular complexity index is 1540. The van der Waals surface area contributed by atoms with Gasteiger partial charge in [-0.25, -0.2) is 4.79 Å². The molecule has 42 heavy (non-hydrogen) atoms. The Kier molecular flexibility index (Phi) is 8.23. The molecule has 3 heterocycles. The van der Waals surface area contributed by atoms with Gasteiger partial charge < -0.3 is 20.9 Å². The van der Waals surface area contributed by atoms with E-state index < -0.39 is 38.9 Å². The molecule has 2 aromatic rings. The summed E-state index contributed by atoms with van der Waals surface area (Å²) in [5.74, 6) is 0.0630. The van der Waals surface area contributed by atoms with Crippen LogP contribution >= 0.6 is 0 Å². The summed E-state index contributed by atoms with van der Waals surface area (Å²) in [5, 5.41) is 7.50. The molecule has 1 aliphatic carbocycles. The molecule has 3 amide bonds. The average Bonchev–Trinajstić information content (AvgIpc) is 3.33. The van der Waals surface area contributed by atoms with Crippen LogP contribution in [-0.4, -0.2) is 62.2 Å². The number of fused-ring (bicyclic) bond motifs is 5. The maximum Gasteiger partial charge on any atom is 0.321 e. The minimum Gasteiger partial charge on any atom is -0.315 e. The lowest BCUT2D eigenvalue weighted by molar-refractivity contribution is -0.130. The predicted molar refractivity (Wildman–Crippen MR) is 160 cm³/mol. The van der Waals surface area contributed by atoms with Crippen LogP contribution in [0, 0.1) is 18.3 Å². The fraction of sp³-hybridized carbons (Fsp3) is 0.467. The zero-order valence-corrected chi connectivity index (χ0v) is 24.8. The predicted octanol–water partition coefficient (Wildman–Crippen LogP) is 3.60. The lowest BCUT2D eigenvalue weighted by Crippen LogP contribution is -2.52. The van der Waals surface area contributed by atoms with E-state index in [-0.39, 0.29) is 23.6 Å². The SMILES string of the molecule is CC1=NC(NC(=O)Nc2cccc(C(C)S(=O)(=O)O)c2)C(=O)N(CC(=O)C23CCC(CC2)CNC3)c2c(C)cccc21. The van der Waals surface area contributed by atoms with E-state index in [4.69, 9.17) is 0 Å². The summed E-state index contributed by atoms with van der Waals surface area (Å²) in [6, 6.07) is 10.9. The number of Topliss-reactive ketones (excluding diaryl/α,β-unsaturated/α-hetero) is 1. The molecule has 0 aromatic heterocycles. The van der Waals surface area contributed by atoms with Gasteiger partial charge in [0.1, 0.15) is 5.25 Å². The first kappa shape index (κ1) is 29.9. The average molecular weight is 596 g/mol. The number of benzene rings is 2. The first-order valence-electron chi connectivity index (χ1n) is 14.2. The van der Waals surface area contributed by atoms with Crippen molar-refractivity contribution in [3.63, 3.8) is 0 Å². The third-order valence-electron chi connectivity index (χ3n) is 8.90. The molecule has 1 saturated carbocycles. The summed E-state index contributed by atoms with van der Waals surface area (Å²) in [7, 11) is -4.33. The lowest BCUT2D eigenvalue weighted by atomic mass is 9.69. The van der Waals surface area contributed by atoms with Crippen molar-refractivity contribution in [3.8, 4) is 0 Å². The van der Waals surface area contributed by atoms with Crippen molar-refractivity contribution in [2.24, 2.45) is 16.3 Å². The molecule has 224 valence electrons. The number of benzodiazepines with no additional fused rings is 1. The number of carbonyl (C=O) groups excluding carboxylic acids is 3. The summed E-state index contributed by atoms with van der Waals surface area (Å²) in [6.07, 6.45) is 2.25. The molecule has 2 bridgehead atoms. The van der Waals surface area contributed by atoms with Gasteiger partial charge in [0.15, 0.2) is 5.78 Å². The van der Waals surface area contributed by atoms with Gasteiger partial charge in [-0.3, -0.25) is 19.1 Å². The highest BCUT2D eigenvalue weighted by molar-refractivity contribution is 7.86. The van der Waals surface area contributed by atoms with Gasteiger partial charge in [0.05, 0.1) is 12.2 Å². The van der Waals surface area contributed by atoms with Crippen LogP contribution in [0.3, 0.4) is 0 Å². The Morgan fingerprint density at radius 1 is 1.17 bits per heavy atom. The molecule has 3 aliphatic heterocycles. The highest BCUT2D eigenvalue weighted by Crippen LogP contribution is 2.42. The van der Waals surface area contributed by atoms with E-state index in [1.165, 1.54) is 24.0 Å². The summed E-state index contributed by atoms with van der Waals surface area (Å²) < 4.78 is 32.6. The van der Waals surface area contributed by atoms with Crippen molar-refractivity contribution in [2.45, 2.75) is 57.9 Å². The number of nitrogens with zero attached hydrogens (tertiary/aromatic N) is 2. The number of aliphatic imine (C=N–C) groups is 1. The van der Waals surface area contributed by atoms with Gasteiger partial charge in [0.2, 0.25) is 6.17 Å². The Labute approximate surface area is 245 Å². The normalized spacial score (nSPS) is 24.6. The van der Waals surface area contributed by atoms with Crippen LogP contribution in [0.5, 0.6) is 0 Å². The number of ketones is 1. The lowest BCUT2D eigenvalue weighted by Gasteiger charge is -2.37. The monoisotopic (exact) mass is 595 g/mol. The van der Waals surface area contributed by atoms with Crippen molar-refractivity contribution in [2.75, 3.05) is 29.9 Å². The Morgan fingerprint density at radius 3 is 2.60 bits per heavy atom. The molecule has 2 unspecified atom stereocenters. The van der Waals surface area contributed by atoms with Crippen LogP contribution in [-0.2, 0) is 19.7 Å². The first-order chi connectivity index (χ1) is 19.9. The number of para-hydroxylation sites is 1. The molecule has 6 rings (SSSR count). The smallest absolute Gasteiger partial charge is 0.315 e. The van der Waals surface area contributed by atoms with Crippen molar-refractivity contribution in [1.82, 2.24) is 10.6 Å². The van der Waals surface area contributed by atoms with Crippen LogP contribution in [0.1, 0.15) is 61.5 Å². The van der Waals surface area contributed by atoms with Gasteiger partial charge in [0.25, 0.3) is 16.0 Å². The number of urea groups is 1. The van der Waals surface area contributed by atoms with Gasteiger partial charge in [-0.2, -0.15) is 8.42 Å². The topological polar surface area (TPSA) is 157 Å². The Balaban J connectivity index is 1.40. The van der Waals surface area contributed by atoms with Crippen LogP contribution in [0.25, 0.3) is 0 Å². The number of aryl methyl sites for hydroxylation is 1. The highest BCUT2D eigenvalue weighted by Gasteiger charge is 2.45. The summed E-state index contributed by atoms with van der Waals surface area (Å²) >= 11 is 0. The van der Waals surface area contributed by atoms with Crippen molar-refractivity contribution in [1.29, 1.82) is 0 Å². The van der Waals surface area contributed by atoms with Crippen LogP contribution in [0.4, 0.5) is 16.2 Å². The molecular weight excluding hydrogens is 558 g/mol. The second-order valence-corrected chi connectivity index (χ2v) is 13.4. The minimum atomic E-state index is -4.33. The summed E-state index contributed by atoms with van der Waals surface area (Å²) in [4.78, 5) is 47.1. The molecule has 12 heteroatoms. The van der Waals surface area contributed by atoms with Crippen molar-refractivity contribution in [3.05, 3.63) is 59.2 Å². The minimum absolute atomic E-state index is 0.00503. The van der Waals surface area contributed by atoms with E-state index in [2.05, 4.69) is 20.9 Å². The zero-order valence-electron chi connectivity index (χ0n) is 24.0. The number of nitrogens with one attached hydrogen (secondary N) is 3. The highest BCUT2D eigenvalue weighted by atomic mass is 32.2. The van der Waals surface area contributed by atoms with E-state index >= 15 is 0 Å².